The molecular formula is C24H28F3N3O2S. The van der Waals surface area contributed by atoms with Gasteiger partial charge in [-0.3, -0.25) is 0 Å². The van der Waals surface area contributed by atoms with Gasteiger partial charge >= 0.3 is 6.18 Å². The first-order valence-electron chi connectivity index (χ1n) is 11.2. The maximum Gasteiger partial charge on any atom is 0.416 e. The number of hydrogen-bond donors (Lipinski definition) is 0. The predicted molar refractivity (Wildman–Crippen MR) is 120 cm³/mol. The molecule has 2 aromatic heterocycles. The molecule has 2 heterocycles. The third-order valence-corrected chi connectivity index (χ3v) is 7.85. The normalized spacial score (nSPS) is 16.4. The van der Waals surface area contributed by atoms with E-state index in [1.165, 1.54) is 31.4 Å². The molecule has 4 rings (SSSR count). The molecule has 9 heteroatoms. The van der Waals surface area contributed by atoms with E-state index in [0.717, 1.165) is 43.0 Å². The average Bonchev–Trinajstić information content (AvgIpc) is 3.12. The molecule has 1 saturated carbocycles. The van der Waals surface area contributed by atoms with Gasteiger partial charge in [-0.25, -0.2) is 18.4 Å². The Morgan fingerprint density at radius 1 is 1.03 bits per heavy atom. The van der Waals surface area contributed by atoms with Crippen molar-refractivity contribution in [2.45, 2.75) is 80.9 Å². The van der Waals surface area contributed by atoms with Crippen LogP contribution >= 0.6 is 0 Å². The number of aromatic nitrogens is 3. The van der Waals surface area contributed by atoms with Gasteiger partial charge in [0.2, 0.25) is 9.84 Å². The van der Waals surface area contributed by atoms with Gasteiger partial charge in [0.1, 0.15) is 5.82 Å². The fourth-order valence-electron chi connectivity index (χ4n) is 4.52. The van der Waals surface area contributed by atoms with Gasteiger partial charge < -0.3 is 4.57 Å². The van der Waals surface area contributed by atoms with Crippen LogP contribution in [-0.2, 0) is 28.0 Å². The Morgan fingerprint density at radius 3 is 2.36 bits per heavy atom. The van der Waals surface area contributed by atoms with Gasteiger partial charge in [-0.15, -0.1) is 0 Å². The van der Waals surface area contributed by atoms with Crippen LogP contribution in [0, 0.1) is 5.92 Å². The number of fused-ring (bicyclic) bond motifs is 1. The van der Waals surface area contributed by atoms with Crippen LogP contribution in [0.25, 0.3) is 11.0 Å². The molecule has 0 N–H and O–H groups in total. The number of halogens is 3. The zero-order chi connectivity index (χ0) is 24.0. The third kappa shape index (κ3) is 4.78. The van der Waals surface area contributed by atoms with Crippen LogP contribution in [0.3, 0.4) is 0 Å². The minimum atomic E-state index is -4.66. The summed E-state index contributed by atoms with van der Waals surface area (Å²) >= 11 is 0. The first kappa shape index (κ1) is 23.7. The Hall–Kier alpha value is -2.42. The second kappa shape index (κ2) is 8.42. The van der Waals surface area contributed by atoms with E-state index in [0.29, 0.717) is 17.5 Å². The lowest BCUT2D eigenvalue weighted by molar-refractivity contribution is -0.137. The molecule has 1 aromatic carbocycles. The van der Waals surface area contributed by atoms with Crippen LogP contribution in [0.1, 0.15) is 64.3 Å². The SMILES string of the molecule is CC(C)(C)c1nc2cc(S(=O)(=O)c3cc(C(F)(F)F)ccn3)ccc2n1CC1CCCCC1. The van der Waals surface area contributed by atoms with Gasteiger partial charge in [0.15, 0.2) is 5.03 Å². The summed E-state index contributed by atoms with van der Waals surface area (Å²) in [6, 6.07) is 5.91. The summed E-state index contributed by atoms with van der Waals surface area (Å²) in [5, 5.41) is -0.630. The highest BCUT2D eigenvalue weighted by atomic mass is 32.2. The summed E-state index contributed by atoms with van der Waals surface area (Å²) in [6.45, 7) is 7.02. The number of benzene rings is 1. The molecule has 0 spiro atoms. The Bertz CT molecular complexity index is 1270. The smallest absolute Gasteiger partial charge is 0.327 e. The summed E-state index contributed by atoms with van der Waals surface area (Å²) in [5.41, 5.74) is 0.0455. The number of sulfone groups is 1. The van der Waals surface area contributed by atoms with Crippen molar-refractivity contribution in [3.05, 3.63) is 47.9 Å². The average molecular weight is 480 g/mol. The molecule has 5 nitrogen and oxygen atoms in total. The van der Waals surface area contributed by atoms with Gasteiger partial charge in [-0.1, -0.05) is 40.0 Å². The molecule has 0 amide bonds. The Labute approximate surface area is 192 Å². The van der Waals surface area contributed by atoms with E-state index in [1.807, 2.05) is 0 Å². The molecule has 1 aliphatic carbocycles. The van der Waals surface area contributed by atoms with E-state index in [9.17, 15) is 21.6 Å². The minimum Gasteiger partial charge on any atom is -0.327 e. The number of alkyl halides is 3. The predicted octanol–water partition coefficient (Wildman–Crippen LogP) is 6.16. The van der Waals surface area contributed by atoms with Crippen LogP contribution in [0.5, 0.6) is 0 Å². The van der Waals surface area contributed by atoms with Gasteiger partial charge in [0, 0.05) is 18.2 Å². The highest BCUT2D eigenvalue weighted by Gasteiger charge is 2.33. The highest BCUT2D eigenvalue weighted by Crippen LogP contribution is 2.34. The van der Waals surface area contributed by atoms with E-state index in [2.05, 4.69) is 30.3 Å². The second-order valence-electron chi connectivity index (χ2n) is 9.83. The van der Waals surface area contributed by atoms with Crippen molar-refractivity contribution < 1.29 is 21.6 Å². The molecule has 0 atom stereocenters. The van der Waals surface area contributed by atoms with Crippen LogP contribution in [-0.4, -0.2) is 23.0 Å². The summed E-state index contributed by atoms with van der Waals surface area (Å²) in [7, 11) is -4.24. The second-order valence-corrected chi connectivity index (χ2v) is 11.7. The minimum absolute atomic E-state index is 0.121. The summed E-state index contributed by atoms with van der Waals surface area (Å²) in [5.74, 6) is 1.42. The van der Waals surface area contributed by atoms with Crippen LogP contribution in [0.4, 0.5) is 13.2 Å². The molecule has 33 heavy (non-hydrogen) atoms. The van der Waals surface area contributed by atoms with Crippen LogP contribution in [0.15, 0.2) is 46.5 Å². The lowest BCUT2D eigenvalue weighted by Crippen LogP contribution is -2.22. The van der Waals surface area contributed by atoms with Crippen LogP contribution in [0.2, 0.25) is 0 Å². The molecule has 1 aliphatic rings. The van der Waals surface area contributed by atoms with Gasteiger partial charge in [0.05, 0.1) is 21.5 Å². The number of nitrogens with zero attached hydrogens (tertiary/aromatic N) is 3. The molecule has 1 fully saturated rings. The molecule has 0 aliphatic heterocycles. The van der Waals surface area contributed by atoms with Gasteiger partial charge in [-0.05, 0) is 49.1 Å². The van der Waals surface area contributed by atoms with Crippen molar-refractivity contribution >= 4 is 20.9 Å². The number of pyridine rings is 1. The van der Waals surface area contributed by atoms with Gasteiger partial charge in [0.25, 0.3) is 0 Å². The fourth-order valence-corrected chi connectivity index (χ4v) is 5.75. The van der Waals surface area contributed by atoms with Gasteiger partial charge in [-0.2, -0.15) is 13.2 Å². The molecule has 0 radical (unpaired) electrons. The zero-order valence-corrected chi connectivity index (χ0v) is 19.8. The summed E-state index contributed by atoms with van der Waals surface area (Å²) < 4.78 is 67.6. The quantitative estimate of drug-likeness (QED) is 0.450. The fraction of sp³-hybridized carbons (Fsp3) is 0.500. The largest absolute Gasteiger partial charge is 0.416 e. The molecule has 0 bridgehead atoms. The van der Waals surface area contributed by atoms with E-state index >= 15 is 0 Å². The number of rotatable bonds is 4. The lowest BCUT2D eigenvalue weighted by atomic mass is 9.88. The lowest BCUT2D eigenvalue weighted by Gasteiger charge is -2.26. The monoisotopic (exact) mass is 479 g/mol. The van der Waals surface area contributed by atoms with E-state index in [4.69, 9.17) is 4.98 Å². The first-order chi connectivity index (χ1) is 15.4. The molecule has 178 valence electrons. The maximum atomic E-state index is 13.1. The Balaban J connectivity index is 1.78. The molecular weight excluding hydrogens is 451 g/mol. The standard InChI is InChI=1S/C24H28F3N3O2S/c1-23(2,3)22-29-19-14-18(9-10-20(19)30(22)15-16-7-5-4-6-8-16)33(31,32)21-13-17(11-12-28-21)24(25,26)27/h9-14,16H,4-8,15H2,1-3H3. The maximum absolute atomic E-state index is 13.1. The van der Waals surface area contributed by atoms with Crippen LogP contribution < -0.4 is 0 Å². The highest BCUT2D eigenvalue weighted by molar-refractivity contribution is 7.91. The summed E-state index contributed by atoms with van der Waals surface area (Å²) in [6.07, 6.45) is 2.23. The van der Waals surface area contributed by atoms with E-state index in [1.54, 1.807) is 6.07 Å². The molecule has 0 saturated heterocycles. The first-order valence-corrected chi connectivity index (χ1v) is 12.6. The van der Waals surface area contributed by atoms with Crippen molar-refractivity contribution in [2.24, 2.45) is 5.92 Å². The number of imidazole rings is 1. The van der Waals surface area contributed by atoms with E-state index in [-0.39, 0.29) is 10.3 Å². The van der Waals surface area contributed by atoms with Crippen molar-refractivity contribution in [3.63, 3.8) is 0 Å². The Kier molecular flexibility index (Phi) is 6.05. The zero-order valence-electron chi connectivity index (χ0n) is 19.0. The molecule has 3 aromatic rings. The Morgan fingerprint density at radius 2 is 1.73 bits per heavy atom. The molecule has 0 unspecified atom stereocenters. The topological polar surface area (TPSA) is 64.8 Å². The number of hydrogen-bond acceptors (Lipinski definition) is 4. The van der Waals surface area contributed by atoms with Crippen molar-refractivity contribution in [3.8, 4) is 0 Å². The van der Waals surface area contributed by atoms with E-state index < -0.39 is 26.6 Å². The van der Waals surface area contributed by atoms with Crippen molar-refractivity contribution in [2.75, 3.05) is 0 Å². The third-order valence-electron chi connectivity index (χ3n) is 6.20. The van der Waals surface area contributed by atoms with Crippen molar-refractivity contribution in [1.29, 1.82) is 0 Å². The van der Waals surface area contributed by atoms with Crippen molar-refractivity contribution in [1.82, 2.24) is 14.5 Å². The summed E-state index contributed by atoms with van der Waals surface area (Å²) in [4.78, 5) is 8.36.